The molecule has 0 spiro atoms. The van der Waals surface area contributed by atoms with Gasteiger partial charge in [-0.15, -0.1) is 0 Å². The van der Waals surface area contributed by atoms with Gasteiger partial charge in [-0.05, 0) is 50.3 Å². The van der Waals surface area contributed by atoms with Crippen molar-refractivity contribution < 1.29 is 0 Å². The van der Waals surface area contributed by atoms with Crippen molar-refractivity contribution in [1.29, 1.82) is 0 Å². The van der Waals surface area contributed by atoms with E-state index in [0.717, 1.165) is 12.3 Å². The Balaban J connectivity index is 2.17. The molecule has 0 saturated heterocycles. The SMILES string of the molecule is CCC(N)C(c1ccccc1C)N(C)CC1CCC1. The molecule has 0 aromatic heterocycles. The molecule has 0 amide bonds. The Bertz CT molecular complexity index is 398. The van der Waals surface area contributed by atoms with Gasteiger partial charge >= 0.3 is 0 Å². The lowest BCUT2D eigenvalue weighted by molar-refractivity contribution is 0.144. The van der Waals surface area contributed by atoms with Gasteiger partial charge in [-0.1, -0.05) is 37.6 Å². The lowest BCUT2D eigenvalue weighted by atomic mass is 9.84. The average molecular weight is 260 g/mol. The number of nitrogens with zero attached hydrogens (tertiary/aromatic N) is 1. The Morgan fingerprint density at radius 2 is 2.00 bits per heavy atom. The van der Waals surface area contributed by atoms with Crippen LogP contribution in [0.4, 0.5) is 0 Å². The van der Waals surface area contributed by atoms with E-state index in [1.54, 1.807) is 0 Å². The van der Waals surface area contributed by atoms with E-state index in [2.05, 4.69) is 50.1 Å². The predicted molar refractivity (Wildman–Crippen MR) is 82.2 cm³/mol. The third-order valence-electron chi connectivity index (χ3n) is 4.63. The summed E-state index contributed by atoms with van der Waals surface area (Å²) < 4.78 is 0. The minimum atomic E-state index is 0.214. The molecule has 2 atom stereocenters. The highest BCUT2D eigenvalue weighted by atomic mass is 15.1. The van der Waals surface area contributed by atoms with Crippen molar-refractivity contribution in [2.75, 3.05) is 13.6 Å². The fourth-order valence-corrected chi connectivity index (χ4v) is 3.13. The first-order valence-corrected chi connectivity index (χ1v) is 7.64. The lowest BCUT2D eigenvalue weighted by Crippen LogP contribution is -2.42. The topological polar surface area (TPSA) is 29.3 Å². The number of likely N-dealkylation sites (N-methyl/N-ethyl adjacent to an activating group) is 1. The van der Waals surface area contributed by atoms with Crippen molar-refractivity contribution in [3.05, 3.63) is 35.4 Å². The van der Waals surface area contributed by atoms with Crippen molar-refractivity contribution in [3.63, 3.8) is 0 Å². The van der Waals surface area contributed by atoms with E-state index in [1.807, 2.05) is 0 Å². The molecule has 2 unspecified atom stereocenters. The van der Waals surface area contributed by atoms with Crippen molar-refractivity contribution in [3.8, 4) is 0 Å². The summed E-state index contributed by atoms with van der Waals surface area (Å²) in [7, 11) is 2.24. The van der Waals surface area contributed by atoms with Gasteiger partial charge < -0.3 is 5.73 Å². The summed E-state index contributed by atoms with van der Waals surface area (Å²) in [6, 6.07) is 9.25. The number of hydrogen-bond donors (Lipinski definition) is 1. The van der Waals surface area contributed by atoms with Crippen LogP contribution in [-0.2, 0) is 0 Å². The molecule has 0 heterocycles. The van der Waals surface area contributed by atoms with Gasteiger partial charge in [0.05, 0.1) is 0 Å². The summed E-state index contributed by atoms with van der Waals surface area (Å²) in [5, 5.41) is 0. The second-order valence-corrected chi connectivity index (χ2v) is 6.11. The Morgan fingerprint density at radius 3 is 2.53 bits per heavy atom. The van der Waals surface area contributed by atoms with Crippen LogP contribution in [0.25, 0.3) is 0 Å². The van der Waals surface area contributed by atoms with Crippen LogP contribution in [0.1, 0.15) is 49.8 Å². The van der Waals surface area contributed by atoms with Gasteiger partial charge in [0.25, 0.3) is 0 Å². The zero-order valence-corrected chi connectivity index (χ0v) is 12.6. The van der Waals surface area contributed by atoms with Crippen molar-refractivity contribution in [2.45, 2.75) is 51.6 Å². The molecule has 0 bridgehead atoms. The monoisotopic (exact) mass is 260 g/mol. The largest absolute Gasteiger partial charge is 0.326 e. The number of aryl methyl sites for hydroxylation is 1. The van der Waals surface area contributed by atoms with Gasteiger partial charge in [-0.3, -0.25) is 4.90 Å². The molecule has 0 radical (unpaired) electrons. The number of nitrogens with two attached hydrogens (primary N) is 1. The normalized spacial score (nSPS) is 19.2. The van der Waals surface area contributed by atoms with E-state index in [9.17, 15) is 0 Å². The van der Waals surface area contributed by atoms with Crippen molar-refractivity contribution in [1.82, 2.24) is 4.90 Å². The zero-order chi connectivity index (χ0) is 13.8. The summed E-state index contributed by atoms with van der Waals surface area (Å²) in [5.41, 5.74) is 9.17. The van der Waals surface area contributed by atoms with Gasteiger partial charge in [0, 0.05) is 18.6 Å². The molecule has 2 N–H and O–H groups in total. The van der Waals surface area contributed by atoms with Crippen LogP contribution < -0.4 is 5.73 Å². The highest BCUT2D eigenvalue weighted by Crippen LogP contribution is 2.32. The number of rotatable bonds is 6. The first-order valence-electron chi connectivity index (χ1n) is 7.64. The molecule has 1 aromatic rings. The lowest BCUT2D eigenvalue weighted by Gasteiger charge is -2.38. The molecular weight excluding hydrogens is 232 g/mol. The second kappa shape index (κ2) is 6.53. The summed E-state index contributed by atoms with van der Waals surface area (Å²) in [4.78, 5) is 2.49. The van der Waals surface area contributed by atoms with Crippen LogP contribution in [-0.4, -0.2) is 24.5 Å². The van der Waals surface area contributed by atoms with Crippen LogP contribution in [0.2, 0.25) is 0 Å². The van der Waals surface area contributed by atoms with Gasteiger partial charge in [-0.25, -0.2) is 0 Å². The summed E-state index contributed by atoms with van der Waals surface area (Å²) in [6.45, 7) is 5.57. The van der Waals surface area contributed by atoms with E-state index < -0.39 is 0 Å². The molecule has 0 aliphatic heterocycles. The molecule has 1 aliphatic rings. The van der Waals surface area contributed by atoms with Crippen LogP contribution in [0.15, 0.2) is 24.3 Å². The summed E-state index contributed by atoms with van der Waals surface area (Å²) in [5.74, 6) is 0.889. The third-order valence-corrected chi connectivity index (χ3v) is 4.63. The Morgan fingerprint density at radius 1 is 1.32 bits per heavy atom. The molecule has 2 heteroatoms. The average Bonchev–Trinajstić information content (AvgIpc) is 2.36. The fraction of sp³-hybridized carbons (Fsp3) is 0.647. The summed E-state index contributed by atoms with van der Waals surface area (Å²) >= 11 is 0. The van der Waals surface area contributed by atoms with Crippen LogP contribution in [0.3, 0.4) is 0 Å². The minimum absolute atomic E-state index is 0.214. The molecule has 1 saturated carbocycles. The smallest absolute Gasteiger partial charge is 0.0498 e. The van der Waals surface area contributed by atoms with Gasteiger partial charge in [0.1, 0.15) is 0 Å². The Hall–Kier alpha value is -0.860. The van der Waals surface area contributed by atoms with Crippen LogP contribution in [0.5, 0.6) is 0 Å². The first-order chi connectivity index (χ1) is 9.13. The maximum atomic E-state index is 6.41. The fourth-order valence-electron chi connectivity index (χ4n) is 3.13. The van der Waals surface area contributed by atoms with Crippen molar-refractivity contribution >= 4 is 0 Å². The van der Waals surface area contributed by atoms with Crippen molar-refractivity contribution in [2.24, 2.45) is 11.7 Å². The Labute approximate surface area is 118 Å². The molecule has 2 nitrogen and oxygen atoms in total. The highest BCUT2D eigenvalue weighted by Gasteiger charge is 2.27. The predicted octanol–water partition coefficient (Wildman–Crippen LogP) is 3.51. The first kappa shape index (κ1) is 14.5. The van der Waals surface area contributed by atoms with E-state index in [1.165, 1.54) is 36.9 Å². The van der Waals surface area contributed by atoms with E-state index >= 15 is 0 Å². The standard InChI is InChI=1S/C17H28N2/c1-4-16(18)17(15-11-6-5-8-13(15)2)19(3)12-14-9-7-10-14/h5-6,8,11,14,16-17H,4,7,9-10,12,18H2,1-3H3. The minimum Gasteiger partial charge on any atom is -0.326 e. The van der Waals surface area contributed by atoms with E-state index in [0.29, 0.717) is 6.04 Å². The highest BCUT2D eigenvalue weighted by molar-refractivity contribution is 5.30. The molecule has 1 aliphatic carbocycles. The van der Waals surface area contributed by atoms with Gasteiger partial charge in [0.15, 0.2) is 0 Å². The summed E-state index contributed by atoms with van der Waals surface area (Å²) in [6.07, 6.45) is 5.22. The maximum absolute atomic E-state index is 6.41. The zero-order valence-electron chi connectivity index (χ0n) is 12.6. The third kappa shape index (κ3) is 3.37. The molecule has 2 rings (SSSR count). The second-order valence-electron chi connectivity index (χ2n) is 6.11. The molecule has 19 heavy (non-hydrogen) atoms. The molecular formula is C17H28N2. The van der Waals surface area contributed by atoms with Crippen LogP contribution >= 0.6 is 0 Å². The van der Waals surface area contributed by atoms with Gasteiger partial charge in [0.2, 0.25) is 0 Å². The molecule has 1 fully saturated rings. The maximum Gasteiger partial charge on any atom is 0.0498 e. The van der Waals surface area contributed by atoms with E-state index in [4.69, 9.17) is 5.73 Å². The van der Waals surface area contributed by atoms with Gasteiger partial charge in [-0.2, -0.15) is 0 Å². The molecule has 1 aromatic carbocycles. The Kier molecular flexibility index (Phi) is 5.00. The number of benzene rings is 1. The van der Waals surface area contributed by atoms with E-state index in [-0.39, 0.29) is 6.04 Å². The number of hydrogen-bond acceptors (Lipinski definition) is 2. The molecule has 106 valence electrons. The quantitative estimate of drug-likeness (QED) is 0.848. The van der Waals surface area contributed by atoms with Crippen LogP contribution in [0, 0.1) is 12.8 Å².